The monoisotopic (exact) mass is 493 g/mol. The minimum Gasteiger partial charge on any atom is -0.497 e. The molecule has 0 fully saturated rings. The number of methoxy groups -OCH3 is 2. The highest BCUT2D eigenvalue weighted by atomic mass is 16.6. The molecule has 3 aromatic rings. The Hall–Kier alpha value is -4.80. The Kier molecular flexibility index (Phi) is 9.04. The number of carbonyl (C=O) groups is 2. The first-order valence-electron chi connectivity index (χ1n) is 11.1. The average molecular weight is 494 g/mol. The van der Waals surface area contributed by atoms with Crippen molar-refractivity contribution in [3.8, 4) is 11.5 Å². The van der Waals surface area contributed by atoms with Crippen LogP contribution in [0.25, 0.3) is 0 Å². The molecule has 0 aromatic heterocycles. The maximum Gasteiger partial charge on any atom is 0.326 e. The standard InChI is InChI=1S/C25H27N5O6/c1-35-21-13-14-22(23(17-21)36-2)28-24(31)26-15-6-16-29(19-7-4-3-5-8-19)25(32)27-18-9-11-20(12-10-18)30(33)34/h3-5,7-14,17H,6,15-16H2,1-2H3,(H,27,32)(H2,26,28,31). The number of nitrogens with one attached hydrogen (secondary N) is 3. The summed E-state index contributed by atoms with van der Waals surface area (Å²) in [4.78, 5) is 37.2. The summed E-state index contributed by atoms with van der Waals surface area (Å²) in [5.41, 5.74) is 1.52. The van der Waals surface area contributed by atoms with Gasteiger partial charge in [-0.05, 0) is 42.8 Å². The maximum atomic E-state index is 13.0. The van der Waals surface area contributed by atoms with Gasteiger partial charge in [0.2, 0.25) is 0 Å². The first-order valence-corrected chi connectivity index (χ1v) is 11.1. The Morgan fingerprint density at radius 1 is 0.944 bits per heavy atom. The number of nitro benzene ring substituents is 1. The van der Waals surface area contributed by atoms with Crippen LogP contribution in [0.5, 0.6) is 11.5 Å². The SMILES string of the molecule is COc1ccc(NC(=O)NCCCN(C(=O)Nc2ccc([N+](=O)[O-])cc2)c2ccccc2)c(OC)c1. The van der Waals surface area contributed by atoms with Crippen LogP contribution < -0.4 is 30.3 Å². The number of para-hydroxylation sites is 1. The summed E-state index contributed by atoms with van der Waals surface area (Å²) < 4.78 is 10.4. The highest BCUT2D eigenvalue weighted by Crippen LogP contribution is 2.28. The quantitative estimate of drug-likeness (QED) is 0.210. The van der Waals surface area contributed by atoms with E-state index in [4.69, 9.17) is 9.47 Å². The molecule has 0 bridgehead atoms. The van der Waals surface area contributed by atoms with Gasteiger partial charge in [-0.15, -0.1) is 0 Å². The molecule has 0 saturated heterocycles. The maximum absolute atomic E-state index is 13.0. The van der Waals surface area contributed by atoms with Crippen molar-refractivity contribution < 1.29 is 24.0 Å². The third-order valence-electron chi connectivity index (χ3n) is 5.14. The number of urea groups is 2. The van der Waals surface area contributed by atoms with Gasteiger partial charge in [0.1, 0.15) is 11.5 Å². The van der Waals surface area contributed by atoms with Crippen molar-refractivity contribution in [2.75, 3.05) is 42.8 Å². The van der Waals surface area contributed by atoms with Crippen LogP contribution in [0.4, 0.5) is 32.3 Å². The molecule has 0 unspecified atom stereocenters. The van der Waals surface area contributed by atoms with E-state index in [2.05, 4.69) is 16.0 Å². The van der Waals surface area contributed by atoms with E-state index in [1.807, 2.05) is 18.2 Å². The Balaban J connectivity index is 1.57. The molecule has 0 aliphatic heterocycles. The van der Waals surface area contributed by atoms with Gasteiger partial charge < -0.3 is 25.4 Å². The molecule has 188 valence electrons. The lowest BCUT2D eigenvalue weighted by Crippen LogP contribution is -2.38. The lowest BCUT2D eigenvalue weighted by molar-refractivity contribution is -0.384. The first kappa shape index (κ1) is 25.8. The Morgan fingerprint density at radius 3 is 2.31 bits per heavy atom. The van der Waals surface area contributed by atoms with Crippen LogP contribution in [0.15, 0.2) is 72.8 Å². The summed E-state index contributed by atoms with van der Waals surface area (Å²) in [6.45, 7) is 0.618. The summed E-state index contributed by atoms with van der Waals surface area (Å²) >= 11 is 0. The molecule has 3 N–H and O–H groups in total. The summed E-state index contributed by atoms with van der Waals surface area (Å²) in [6, 6.07) is 18.9. The van der Waals surface area contributed by atoms with E-state index >= 15 is 0 Å². The van der Waals surface area contributed by atoms with Crippen molar-refractivity contribution >= 4 is 34.8 Å². The topological polar surface area (TPSA) is 135 Å². The second kappa shape index (κ2) is 12.6. The molecule has 0 saturated carbocycles. The predicted molar refractivity (Wildman–Crippen MR) is 137 cm³/mol. The highest BCUT2D eigenvalue weighted by molar-refractivity contribution is 6.01. The fourth-order valence-corrected chi connectivity index (χ4v) is 3.32. The van der Waals surface area contributed by atoms with Crippen LogP contribution in [-0.2, 0) is 0 Å². The van der Waals surface area contributed by atoms with Gasteiger partial charge in [-0.2, -0.15) is 0 Å². The number of anilines is 3. The second-order valence-electron chi connectivity index (χ2n) is 7.52. The normalized spacial score (nSPS) is 10.2. The number of nitro groups is 1. The smallest absolute Gasteiger partial charge is 0.326 e. The highest BCUT2D eigenvalue weighted by Gasteiger charge is 2.16. The zero-order valence-electron chi connectivity index (χ0n) is 19.9. The van der Waals surface area contributed by atoms with Crippen molar-refractivity contribution in [3.05, 3.63) is 82.9 Å². The number of ether oxygens (including phenoxy) is 2. The first-order chi connectivity index (χ1) is 17.4. The van der Waals surface area contributed by atoms with E-state index in [-0.39, 0.29) is 5.69 Å². The van der Waals surface area contributed by atoms with Crippen molar-refractivity contribution in [1.82, 2.24) is 5.32 Å². The summed E-state index contributed by atoms with van der Waals surface area (Å²) in [5.74, 6) is 1.06. The fourth-order valence-electron chi connectivity index (χ4n) is 3.32. The molecular weight excluding hydrogens is 466 g/mol. The van der Waals surface area contributed by atoms with Gasteiger partial charge in [0.25, 0.3) is 5.69 Å². The van der Waals surface area contributed by atoms with Gasteiger partial charge >= 0.3 is 12.1 Å². The van der Waals surface area contributed by atoms with Crippen molar-refractivity contribution in [1.29, 1.82) is 0 Å². The van der Waals surface area contributed by atoms with Crippen LogP contribution in [0, 0.1) is 10.1 Å². The van der Waals surface area contributed by atoms with E-state index in [9.17, 15) is 19.7 Å². The Morgan fingerprint density at radius 2 is 1.67 bits per heavy atom. The lowest BCUT2D eigenvalue weighted by Gasteiger charge is -2.23. The van der Waals surface area contributed by atoms with E-state index in [0.717, 1.165) is 0 Å². The van der Waals surface area contributed by atoms with Gasteiger partial charge in [0, 0.05) is 42.7 Å². The zero-order chi connectivity index (χ0) is 25.9. The molecular formula is C25H27N5O6. The largest absolute Gasteiger partial charge is 0.497 e. The number of amides is 4. The fraction of sp³-hybridized carbons (Fsp3) is 0.200. The molecule has 0 atom stereocenters. The van der Waals surface area contributed by atoms with E-state index in [0.29, 0.717) is 48.1 Å². The Labute approximate surface area is 208 Å². The number of rotatable bonds is 10. The molecule has 36 heavy (non-hydrogen) atoms. The second-order valence-corrected chi connectivity index (χ2v) is 7.52. The molecule has 4 amide bonds. The summed E-state index contributed by atoms with van der Waals surface area (Å²) in [6.07, 6.45) is 0.468. The lowest BCUT2D eigenvalue weighted by atomic mass is 10.2. The minimum absolute atomic E-state index is 0.0653. The van der Waals surface area contributed by atoms with Gasteiger partial charge in [-0.1, -0.05) is 18.2 Å². The zero-order valence-corrected chi connectivity index (χ0v) is 19.9. The van der Waals surface area contributed by atoms with Crippen LogP contribution in [0.1, 0.15) is 6.42 Å². The molecule has 11 nitrogen and oxygen atoms in total. The van der Waals surface area contributed by atoms with Crippen molar-refractivity contribution in [2.45, 2.75) is 6.42 Å². The molecule has 0 aliphatic carbocycles. The number of hydrogen-bond donors (Lipinski definition) is 3. The molecule has 0 spiro atoms. The van der Waals surface area contributed by atoms with E-state index < -0.39 is 17.0 Å². The number of non-ortho nitro benzene ring substituents is 1. The third kappa shape index (κ3) is 7.10. The molecule has 0 heterocycles. The van der Waals surface area contributed by atoms with Crippen LogP contribution in [0.2, 0.25) is 0 Å². The predicted octanol–water partition coefficient (Wildman–Crippen LogP) is 4.86. The Bertz CT molecular complexity index is 1190. The van der Waals surface area contributed by atoms with Gasteiger partial charge in [-0.3, -0.25) is 15.0 Å². The van der Waals surface area contributed by atoms with Crippen molar-refractivity contribution in [3.63, 3.8) is 0 Å². The molecule has 0 aliphatic rings. The summed E-state index contributed by atoms with van der Waals surface area (Å²) in [7, 11) is 3.04. The molecule has 3 aromatic carbocycles. The van der Waals surface area contributed by atoms with Crippen molar-refractivity contribution in [2.24, 2.45) is 0 Å². The summed E-state index contributed by atoms with van der Waals surface area (Å²) in [5, 5.41) is 19.1. The minimum atomic E-state index is -0.504. The van der Waals surface area contributed by atoms with Crippen LogP contribution in [-0.4, -0.2) is 44.3 Å². The number of carbonyl (C=O) groups excluding carboxylic acids is 2. The van der Waals surface area contributed by atoms with Gasteiger partial charge in [0.15, 0.2) is 0 Å². The van der Waals surface area contributed by atoms with Gasteiger partial charge in [0.05, 0.1) is 24.8 Å². The molecule has 11 heteroatoms. The number of nitrogens with zero attached hydrogens (tertiary/aromatic N) is 2. The molecule has 0 radical (unpaired) electrons. The number of hydrogen-bond acceptors (Lipinski definition) is 6. The average Bonchev–Trinajstić information content (AvgIpc) is 2.89. The van der Waals surface area contributed by atoms with Crippen LogP contribution >= 0.6 is 0 Å². The van der Waals surface area contributed by atoms with E-state index in [1.54, 1.807) is 37.4 Å². The van der Waals surface area contributed by atoms with E-state index in [1.165, 1.54) is 36.3 Å². The third-order valence-corrected chi connectivity index (χ3v) is 5.14. The molecule has 3 rings (SSSR count). The van der Waals surface area contributed by atoms with Crippen LogP contribution in [0.3, 0.4) is 0 Å². The number of benzene rings is 3. The van der Waals surface area contributed by atoms with Gasteiger partial charge in [-0.25, -0.2) is 9.59 Å².